The summed E-state index contributed by atoms with van der Waals surface area (Å²) in [6.07, 6.45) is 10.6. The van der Waals surface area contributed by atoms with E-state index in [1.165, 1.54) is 0 Å². The van der Waals surface area contributed by atoms with Crippen molar-refractivity contribution in [1.82, 2.24) is 0 Å². The lowest BCUT2D eigenvalue weighted by Gasteiger charge is -2.28. The van der Waals surface area contributed by atoms with Crippen LogP contribution in [0.25, 0.3) is 0 Å². The Balaban J connectivity index is 1.97. The summed E-state index contributed by atoms with van der Waals surface area (Å²) in [4.78, 5) is 0. The fourth-order valence-corrected chi connectivity index (χ4v) is 2.45. The Morgan fingerprint density at radius 3 is 2.77 bits per heavy atom. The molecule has 2 atom stereocenters. The van der Waals surface area contributed by atoms with Crippen molar-refractivity contribution >= 4 is 0 Å². The van der Waals surface area contributed by atoms with Crippen LogP contribution in [0, 0.1) is 12.3 Å². The van der Waals surface area contributed by atoms with Crippen LogP contribution in [-0.4, -0.2) is 26.1 Å². The Morgan fingerprint density at radius 2 is 2.14 bits per heavy atom. The third-order valence-electron chi connectivity index (χ3n) is 3.81. The lowest BCUT2D eigenvalue weighted by atomic mass is 10.1. The number of hydrogen-bond acceptors (Lipinski definition) is 3. The van der Waals surface area contributed by atoms with Gasteiger partial charge in [-0.3, -0.25) is 0 Å². The van der Waals surface area contributed by atoms with E-state index in [0.717, 1.165) is 56.4 Å². The second kappa shape index (κ2) is 9.63. The molecule has 2 rings (SSSR count). The smallest absolute Gasteiger partial charge is 0.158 e. The summed E-state index contributed by atoms with van der Waals surface area (Å²) in [6.45, 7) is 4.26. The van der Waals surface area contributed by atoms with Crippen LogP contribution >= 0.6 is 0 Å². The third kappa shape index (κ3) is 5.46. The number of rotatable bonds is 8. The van der Waals surface area contributed by atoms with Crippen LogP contribution in [0.2, 0.25) is 0 Å². The Kier molecular flexibility index (Phi) is 7.45. The summed E-state index contributed by atoms with van der Waals surface area (Å²) in [7, 11) is 0. The van der Waals surface area contributed by atoms with Crippen molar-refractivity contribution in [1.29, 1.82) is 0 Å². The summed E-state index contributed by atoms with van der Waals surface area (Å²) in [5.41, 5.74) is 1.97. The molecule has 0 radical (unpaired) electrons. The van der Waals surface area contributed by atoms with E-state index in [1.54, 1.807) is 0 Å². The minimum Gasteiger partial charge on any atom is -0.378 e. The maximum Gasteiger partial charge on any atom is 0.158 e. The lowest BCUT2D eigenvalue weighted by molar-refractivity contribution is -0.200. The summed E-state index contributed by atoms with van der Waals surface area (Å²) >= 11 is 0. The van der Waals surface area contributed by atoms with Crippen LogP contribution < -0.4 is 0 Å². The average Bonchev–Trinajstić information content (AvgIpc) is 2.59. The van der Waals surface area contributed by atoms with Gasteiger partial charge >= 0.3 is 0 Å². The van der Waals surface area contributed by atoms with Gasteiger partial charge in [-0.1, -0.05) is 31.4 Å². The molecule has 120 valence electrons. The Bertz CT molecular complexity index is 455. The van der Waals surface area contributed by atoms with Crippen molar-refractivity contribution < 1.29 is 14.2 Å². The molecule has 0 saturated carbocycles. The van der Waals surface area contributed by atoms with E-state index in [4.69, 9.17) is 20.6 Å². The van der Waals surface area contributed by atoms with Gasteiger partial charge in [0.15, 0.2) is 6.29 Å². The topological polar surface area (TPSA) is 27.7 Å². The van der Waals surface area contributed by atoms with E-state index >= 15 is 0 Å². The first-order valence-electron chi connectivity index (χ1n) is 8.25. The molecule has 1 aromatic rings. The first-order chi connectivity index (χ1) is 10.8. The van der Waals surface area contributed by atoms with Gasteiger partial charge in [-0.15, -0.1) is 6.42 Å². The predicted octanol–water partition coefficient (Wildman–Crippen LogP) is 4.07. The molecule has 3 nitrogen and oxygen atoms in total. The molecule has 0 aromatic heterocycles. The molecule has 1 saturated heterocycles. The van der Waals surface area contributed by atoms with E-state index < -0.39 is 0 Å². The van der Waals surface area contributed by atoms with Crippen molar-refractivity contribution in [2.45, 2.75) is 51.4 Å². The van der Waals surface area contributed by atoms with Gasteiger partial charge in [0, 0.05) is 18.8 Å². The number of unbranched alkanes of at least 4 members (excludes halogenated alkanes) is 1. The number of terminal acetylenes is 1. The van der Waals surface area contributed by atoms with Crippen LogP contribution in [0.1, 0.15) is 56.3 Å². The summed E-state index contributed by atoms with van der Waals surface area (Å²) in [6, 6.07) is 7.93. The monoisotopic (exact) mass is 302 g/mol. The van der Waals surface area contributed by atoms with E-state index in [9.17, 15) is 0 Å². The van der Waals surface area contributed by atoms with Crippen molar-refractivity contribution in [3.8, 4) is 12.3 Å². The fraction of sp³-hybridized carbons (Fsp3) is 0.579. The molecule has 1 heterocycles. The normalized spacial score (nSPS) is 19.5. The number of ether oxygens (including phenoxy) is 3. The fourth-order valence-electron chi connectivity index (χ4n) is 2.45. The predicted molar refractivity (Wildman–Crippen MR) is 87.5 cm³/mol. The van der Waals surface area contributed by atoms with Crippen molar-refractivity contribution in [3.63, 3.8) is 0 Å². The maximum absolute atomic E-state index is 6.13. The van der Waals surface area contributed by atoms with Gasteiger partial charge in [0.2, 0.25) is 0 Å². The van der Waals surface area contributed by atoms with Gasteiger partial charge < -0.3 is 14.2 Å². The maximum atomic E-state index is 6.13. The molecule has 0 aliphatic carbocycles. The third-order valence-corrected chi connectivity index (χ3v) is 3.81. The molecular formula is C19H26O3. The van der Waals surface area contributed by atoms with Crippen molar-refractivity contribution in [3.05, 3.63) is 35.4 Å². The van der Waals surface area contributed by atoms with E-state index in [2.05, 4.69) is 12.8 Å². The first kappa shape index (κ1) is 17.0. The number of benzene rings is 1. The molecule has 1 aliphatic rings. The Morgan fingerprint density at radius 1 is 1.32 bits per heavy atom. The van der Waals surface area contributed by atoms with Gasteiger partial charge in [-0.05, 0) is 43.4 Å². The van der Waals surface area contributed by atoms with Crippen LogP contribution in [0.3, 0.4) is 0 Å². The quantitative estimate of drug-likeness (QED) is 0.535. The molecule has 1 fully saturated rings. The lowest BCUT2D eigenvalue weighted by Crippen LogP contribution is -2.26. The molecule has 1 unspecified atom stereocenters. The largest absolute Gasteiger partial charge is 0.378 e. The minimum atomic E-state index is -0.124. The molecule has 0 bridgehead atoms. The highest BCUT2D eigenvalue weighted by Crippen LogP contribution is 2.24. The highest BCUT2D eigenvalue weighted by Gasteiger charge is 2.21. The van der Waals surface area contributed by atoms with Crippen LogP contribution in [-0.2, 0) is 14.2 Å². The standard InChI is InChI=1S/C19H26O3/c1-3-5-13-20-15-18(22-19-8-6-7-14-21-19)17-11-9-16(4-2)10-12-17/h2,9-12,18-19H,3,5-8,13-15H2,1H3/t18-,19?/m0/s1. The molecule has 22 heavy (non-hydrogen) atoms. The minimum absolute atomic E-state index is 0.105. The molecule has 3 heteroatoms. The van der Waals surface area contributed by atoms with Gasteiger partial charge in [-0.2, -0.15) is 0 Å². The second-order valence-corrected chi connectivity index (χ2v) is 5.62. The van der Waals surface area contributed by atoms with Gasteiger partial charge in [-0.25, -0.2) is 0 Å². The van der Waals surface area contributed by atoms with E-state index in [-0.39, 0.29) is 12.4 Å². The average molecular weight is 302 g/mol. The highest BCUT2D eigenvalue weighted by atomic mass is 16.7. The van der Waals surface area contributed by atoms with Crippen LogP contribution in [0.5, 0.6) is 0 Å². The molecule has 1 aliphatic heterocycles. The SMILES string of the molecule is C#Cc1ccc([C@H](COCCCC)OC2CCCCO2)cc1. The van der Waals surface area contributed by atoms with Gasteiger partial charge in [0.25, 0.3) is 0 Å². The molecule has 0 spiro atoms. The van der Waals surface area contributed by atoms with Crippen LogP contribution in [0.15, 0.2) is 24.3 Å². The first-order valence-corrected chi connectivity index (χ1v) is 8.25. The van der Waals surface area contributed by atoms with Crippen molar-refractivity contribution in [2.75, 3.05) is 19.8 Å². The zero-order chi connectivity index (χ0) is 15.6. The molecule has 1 aromatic carbocycles. The summed E-state index contributed by atoms with van der Waals surface area (Å²) in [5, 5.41) is 0. The molecule has 0 N–H and O–H groups in total. The molecular weight excluding hydrogens is 276 g/mol. The Labute approximate surface area is 134 Å². The van der Waals surface area contributed by atoms with Gasteiger partial charge in [0.05, 0.1) is 6.61 Å². The van der Waals surface area contributed by atoms with Crippen LogP contribution in [0.4, 0.5) is 0 Å². The van der Waals surface area contributed by atoms with Gasteiger partial charge in [0.1, 0.15) is 6.10 Å². The second-order valence-electron chi connectivity index (χ2n) is 5.62. The number of hydrogen-bond donors (Lipinski definition) is 0. The summed E-state index contributed by atoms with van der Waals surface area (Å²) < 4.78 is 17.6. The highest BCUT2D eigenvalue weighted by molar-refractivity contribution is 5.34. The summed E-state index contributed by atoms with van der Waals surface area (Å²) in [5.74, 6) is 2.64. The van der Waals surface area contributed by atoms with E-state index in [0.29, 0.717) is 6.61 Å². The van der Waals surface area contributed by atoms with Crippen molar-refractivity contribution in [2.24, 2.45) is 0 Å². The molecule has 0 amide bonds. The zero-order valence-electron chi connectivity index (χ0n) is 13.4. The zero-order valence-corrected chi connectivity index (χ0v) is 13.4. The van der Waals surface area contributed by atoms with E-state index in [1.807, 2.05) is 24.3 Å². The Hall–Kier alpha value is -1.34.